The molecule has 2 fully saturated rings. The lowest BCUT2D eigenvalue weighted by Gasteiger charge is -2.47. The molecule has 0 spiro atoms. The lowest BCUT2D eigenvalue weighted by Crippen LogP contribution is -2.62. The highest BCUT2D eigenvalue weighted by atomic mass is 16.6. The van der Waals surface area contributed by atoms with Gasteiger partial charge in [0, 0.05) is 29.1 Å². The van der Waals surface area contributed by atoms with Crippen LogP contribution >= 0.6 is 0 Å². The van der Waals surface area contributed by atoms with Crippen molar-refractivity contribution in [1.29, 1.82) is 0 Å². The molecule has 3 aliphatic heterocycles. The van der Waals surface area contributed by atoms with Gasteiger partial charge in [0.2, 0.25) is 0 Å². The van der Waals surface area contributed by atoms with Gasteiger partial charge in [-0.2, -0.15) is 0 Å². The van der Waals surface area contributed by atoms with E-state index in [2.05, 4.69) is 11.1 Å². The van der Waals surface area contributed by atoms with Crippen LogP contribution in [0.5, 0.6) is 0 Å². The van der Waals surface area contributed by atoms with Gasteiger partial charge in [-0.1, -0.05) is 18.2 Å². The first-order valence-corrected chi connectivity index (χ1v) is 8.66. The van der Waals surface area contributed by atoms with Crippen molar-refractivity contribution in [3.63, 3.8) is 0 Å². The number of piperidine rings is 1. The van der Waals surface area contributed by atoms with Gasteiger partial charge >= 0.3 is 5.97 Å². The molecule has 0 radical (unpaired) electrons. The monoisotopic (exact) mass is 338 g/mol. The molecular formula is C19H18N2O4. The van der Waals surface area contributed by atoms with Crippen LogP contribution in [0.1, 0.15) is 37.1 Å². The number of carbonyl (C=O) groups excluding carboxylic acids is 3. The van der Waals surface area contributed by atoms with E-state index in [0.29, 0.717) is 13.0 Å². The fourth-order valence-electron chi connectivity index (χ4n) is 4.92. The lowest BCUT2D eigenvalue weighted by molar-refractivity contribution is -0.179. The predicted octanol–water partition coefficient (Wildman–Crippen LogP) is 1.89. The largest absolute Gasteiger partial charge is 0.440 e. The molecule has 1 amide bonds. The number of aromatic nitrogens is 1. The molecule has 0 aliphatic carbocycles. The van der Waals surface area contributed by atoms with Crippen LogP contribution in [-0.4, -0.2) is 39.7 Å². The van der Waals surface area contributed by atoms with Crippen LogP contribution in [0, 0.1) is 5.92 Å². The van der Waals surface area contributed by atoms with Gasteiger partial charge in [-0.3, -0.25) is 14.4 Å². The summed E-state index contributed by atoms with van der Waals surface area (Å²) in [5.74, 6) is -1.56. The Morgan fingerprint density at radius 3 is 2.92 bits per heavy atom. The van der Waals surface area contributed by atoms with Gasteiger partial charge in [0.05, 0.1) is 12.5 Å². The molecule has 128 valence electrons. The molecule has 3 atom stereocenters. The van der Waals surface area contributed by atoms with E-state index in [1.165, 1.54) is 17.9 Å². The fourth-order valence-corrected chi connectivity index (χ4v) is 4.92. The third-order valence-electron chi connectivity index (χ3n) is 6.03. The molecule has 2 aromatic rings. The molecule has 2 saturated heterocycles. The van der Waals surface area contributed by atoms with E-state index < -0.39 is 11.6 Å². The normalized spacial score (nSPS) is 30.7. The number of benzene rings is 1. The number of hydrogen-bond donors (Lipinski definition) is 1. The summed E-state index contributed by atoms with van der Waals surface area (Å²) in [5, 5.41) is 1.19. The van der Waals surface area contributed by atoms with Gasteiger partial charge < -0.3 is 14.6 Å². The number of amides is 1. The van der Waals surface area contributed by atoms with Gasteiger partial charge in [-0.15, -0.1) is 0 Å². The van der Waals surface area contributed by atoms with Gasteiger partial charge in [-0.25, -0.2) is 0 Å². The number of carbonyl (C=O) groups is 3. The topological polar surface area (TPSA) is 79.5 Å². The highest BCUT2D eigenvalue weighted by molar-refractivity contribution is 6.12. The SMILES string of the molecule is CC(=O)C12OC(=O)CC1CC1c3[nH]c4ccccc4c3CCN1C2=O. The predicted molar refractivity (Wildman–Crippen MR) is 88.7 cm³/mol. The number of aromatic amines is 1. The molecule has 0 bridgehead atoms. The molecule has 1 N–H and O–H groups in total. The van der Waals surface area contributed by atoms with E-state index in [1.807, 2.05) is 18.2 Å². The maximum atomic E-state index is 13.2. The summed E-state index contributed by atoms with van der Waals surface area (Å²) >= 11 is 0. The Kier molecular flexibility index (Phi) is 2.77. The Labute approximate surface area is 144 Å². The maximum absolute atomic E-state index is 13.2. The van der Waals surface area contributed by atoms with Crippen molar-refractivity contribution in [3.05, 3.63) is 35.5 Å². The van der Waals surface area contributed by atoms with Gasteiger partial charge in [0.15, 0.2) is 5.78 Å². The van der Waals surface area contributed by atoms with Crippen LogP contribution in [0.25, 0.3) is 10.9 Å². The number of nitrogens with zero attached hydrogens (tertiary/aromatic N) is 1. The average molecular weight is 338 g/mol. The minimum absolute atomic E-state index is 0.129. The summed E-state index contributed by atoms with van der Waals surface area (Å²) in [4.78, 5) is 42.6. The van der Waals surface area contributed by atoms with Crippen molar-refractivity contribution in [1.82, 2.24) is 9.88 Å². The smallest absolute Gasteiger partial charge is 0.307 e. The van der Waals surface area contributed by atoms with Crippen molar-refractivity contribution in [3.8, 4) is 0 Å². The van der Waals surface area contributed by atoms with Crippen LogP contribution in [-0.2, 0) is 25.5 Å². The number of ether oxygens (including phenoxy) is 1. The molecule has 3 aliphatic rings. The Morgan fingerprint density at radius 1 is 1.32 bits per heavy atom. The van der Waals surface area contributed by atoms with Crippen LogP contribution in [0.15, 0.2) is 24.3 Å². The van der Waals surface area contributed by atoms with Crippen molar-refractivity contribution in [2.24, 2.45) is 5.92 Å². The number of nitrogens with one attached hydrogen (secondary N) is 1. The molecule has 25 heavy (non-hydrogen) atoms. The molecular weight excluding hydrogens is 320 g/mol. The second-order valence-corrected chi connectivity index (χ2v) is 7.23. The molecule has 6 heteroatoms. The van der Waals surface area contributed by atoms with Crippen molar-refractivity contribution in [2.75, 3.05) is 6.54 Å². The van der Waals surface area contributed by atoms with E-state index in [4.69, 9.17) is 4.74 Å². The zero-order chi connectivity index (χ0) is 17.3. The number of Topliss-reactive ketones (excluding diaryl/α,β-unsaturated/α-hetero) is 1. The number of ketones is 1. The number of fused-ring (bicyclic) bond motifs is 6. The second kappa shape index (κ2) is 4.71. The Bertz CT molecular complexity index is 946. The van der Waals surface area contributed by atoms with E-state index in [1.54, 1.807) is 4.90 Å². The van der Waals surface area contributed by atoms with E-state index in [-0.39, 0.29) is 30.1 Å². The second-order valence-electron chi connectivity index (χ2n) is 7.23. The minimum Gasteiger partial charge on any atom is -0.440 e. The minimum atomic E-state index is -1.60. The fraction of sp³-hybridized carbons (Fsp3) is 0.421. The highest BCUT2D eigenvalue weighted by Crippen LogP contribution is 2.50. The first kappa shape index (κ1) is 14.7. The Balaban J connectivity index is 1.64. The van der Waals surface area contributed by atoms with Gasteiger partial charge in [-0.05, 0) is 31.4 Å². The summed E-state index contributed by atoms with van der Waals surface area (Å²) in [6, 6.07) is 7.99. The van der Waals surface area contributed by atoms with E-state index >= 15 is 0 Å². The van der Waals surface area contributed by atoms with Crippen molar-refractivity contribution < 1.29 is 19.1 Å². The van der Waals surface area contributed by atoms with Gasteiger partial charge in [0.25, 0.3) is 11.5 Å². The Hall–Kier alpha value is -2.63. The quantitative estimate of drug-likeness (QED) is 0.636. The van der Waals surface area contributed by atoms with Crippen LogP contribution in [0.4, 0.5) is 0 Å². The third-order valence-corrected chi connectivity index (χ3v) is 6.03. The number of esters is 1. The molecule has 4 heterocycles. The summed E-state index contributed by atoms with van der Waals surface area (Å²) < 4.78 is 5.33. The summed E-state index contributed by atoms with van der Waals surface area (Å²) in [6.07, 6.45) is 1.43. The third kappa shape index (κ3) is 1.72. The van der Waals surface area contributed by atoms with Crippen LogP contribution in [0.2, 0.25) is 0 Å². The number of rotatable bonds is 1. The van der Waals surface area contributed by atoms with Crippen molar-refractivity contribution in [2.45, 2.75) is 37.8 Å². The zero-order valence-corrected chi connectivity index (χ0v) is 13.9. The first-order valence-electron chi connectivity index (χ1n) is 8.66. The first-order chi connectivity index (χ1) is 12.0. The molecule has 5 rings (SSSR count). The van der Waals surface area contributed by atoms with Crippen molar-refractivity contribution >= 4 is 28.6 Å². The summed E-state index contributed by atoms with van der Waals surface area (Å²) in [6.45, 7) is 1.89. The molecule has 6 nitrogen and oxygen atoms in total. The van der Waals surface area contributed by atoms with E-state index in [9.17, 15) is 14.4 Å². The average Bonchev–Trinajstić information content (AvgIpc) is 3.13. The standard InChI is InChI=1S/C19H18N2O4/c1-10(22)19-11(9-16(23)25-19)8-15-17-13(6-7-21(15)18(19)24)12-4-2-3-5-14(12)20-17/h2-5,11,15,20H,6-9H2,1H3. The van der Waals surface area contributed by atoms with Crippen LogP contribution < -0.4 is 0 Å². The maximum Gasteiger partial charge on any atom is 0.307 e. The van der Waals surface area contributed by atoms with Gasteiger partial charge in [0.1, 0.15) is 0 Å². The number of H-pyrrole nitrogens is 1. The Morgan fingerprint density at radius 2 is 2.12 bits per heavy atom. The van der Waals surface area contributed by atoms with E-state index in [0.717, 1.165) is 17.6 Å². The van der Waals surface area contributed by atoms with Crippen LogP contribution in [0.3, 0.4) is 0 Å². The zero-order valence-electron chi connectivity index (χ0n) is 13.9. The molecule has 1 aromatic heterocycles. The summed E-state index contributed by atoms with van der Waals surface area (Å²) in [5.41, 5.74) is 1.74. The summed E-state index contributed by atoms with van der Waals surface area (Å²) in [7, 11) is 0. The molecule has 0 saturated carbocycles. The molecule has 1 aromatic carbocycles. The lowest BCUT2D eigenvalue weighted by atomic mass is 9.73. The number of hydrogen-bond acceptors (Lipinski definition) is 4. The number of para-hydroxylation sites is 1. The molecule has 3 unspecified atom stereocenters. The highest BCUT2D eigenvalue weighted by Gasteiger charge is 2.64.